The first-order valence-corrected chi connectivity index (χ1v) is 11.1. The van der Waals surface area contributed by atoms with Gasteiger partial charge in [0.05, 0.1) is 27.9 Å². The van der Waals surface area contributed by atoms with Crippen LogP contribution in [0.2, 0.25) is 0 Å². The summed E-state index contributed by atoms with van der Waals surface area (Å²) >= 11 is 3.34. The maximum absolute atomic E-state index is 12.9. The quantitative estimate of drug-likeness (QED) is 0.725. The Hall–Kier alpha value is -1.77. The number of hydrogen-bond donors (Lipinski definition) is 1. The Bertz CT molecular complexity index is 897. The van der Waals surface area contributed by atoms with Gasteiger partial charge in [-0.15, -0.1) is 0 Å². The van der Waals surface area contributed by atoms with Crippen LogP contribution in [-0.2, 0) is 10.0 Å². The van der Waals surface area contributed by atoms with Crippen LogP contribution in [0.5, 0.6) is 5.75 Å². The third kappa shape index (κ3) is 4.56. The van der Waals surface area contributed by atoms with Crippen LogP contribution >= 0.6 is 15.9 Å². The predicted molar refractivity (Wildman–Crippen MR) is 112 cm³/mol. The van der Waals surface area contributed by atoms with Crippen LogP contribution < -0.4 is 14.4 Å². The number of rotatable bonds is 6. The van der Waals surface area contributed by atoms with Gasteiger partial charge in [-0.25, -0.2) is 8.42 Å². The Morgan fingerprint density at radius 2 is 1.81 bits per heavy atom. The first-order chi connectivity index (χ1) is 12.9. The van der Waals surface area contributed by atoms with Crippen LogP contribution in [-0.4, -0.2) is 53.2 Å². The third-order valence-electron chi connectivity index (χ3n) is 4.74. The molecular formula is C19H24BrN3O3S. The van der Waals surface area contributed by atoms with Crippen molar-refractivity contribution in [3.05, 3.63) is 46.9 Å². The largest absolute Gasteiger partial charge is 0.496 e. The highest BCUT2D eigenvalue weighted by molar-refractivity contribution is 9.10. The summed E-state index contributed by atoms with van der Waals surface area (Å²) in [4.78, 5) is 4.80. The van der Waals surface area contributed by atoms with E-state index in [4.69, 9.17) is 4.74 Å². The van der Waals surface area contributed by atoms with Crippen molar-refractivity contribution in [2.75, 3.05) is 49.5 Å². The van der Waals surface area contributed by atoms with Gasteiger partial charge < -0.3 is 14.5 Å². The molecule has 3 rings (SSSR count). The number of methoxy groups -OCH3 is 1. The number of ether oxygens (including phenoxy) is 1. The maximum Gasteiger partial charge on any atom is 0.262 e. The molecule has 0 radical (unpaired) electrons. The van der Waals surface area contributed by atoms with E-state index < -0.39 is 10.0 Å². The fourth-order valence-electron chi connectivity index (χ4n) is 3.16. The minimum atomic E-state index is -3.71. The minimum absolute atomic E-state index is 0.181. The number of hydrogen-bond acceptors (Lipinski definition) is 5. The second-order valence-corrected chi connectivity index (χ2v) is 8.88. The molecule has 1 heterocycles. The van der Waals surface area contributed by atoms with Crippen LogP contribution in [0.1, 0.15) is 6.92 Å². The van der Waals surface area contributed by atoms with Crippen LogP contribution in [0, 0.1) is 0 Å². The summed E-state index contributed by atoms with van der Waals surface area (Å²) < 4.78 is 34.3. The molecule has 0 spiro atoms. The molecule has 0 amide bonds. The highest BCUT2D eigenvalue weighted by atomic mass is 79.9. The Morgan fingerprint density at radius 1 is 1.11 bits per heavy atom. The van der Waals surface area contributed by atoms with Crippen molar-refractivity contribution >= 4 is 37.3 Å². The van der Waals surface area contributed by atoms with Gasteiger partial charge in [0, 0.05) is 26.2 Å². The Kier molecular flexibility index (Phi) is 6.29. The molecular weight excluding hydrogens is 430 g/mol. The zero-order chi connectivity index (χ0) is 19.4. The molecule has 2 aromatic rings. The fraction of sp³-hybridized carbons (Fsp3) is 0.368. The van der Waals surface area contributed by atoms with Crippen molar-refractivity contribution in [3.8, 4) is 5.75 Å². The predicted octanol–water partition coefficient (Wildman–Crippen LogP) is 3.40. The van der Waals surface area contributed by atoms with E-state index in [0.717, 1.165) is 38.4 Å². The lowest BCUT2D eigenvalue weighted by molar-refractivity contribution is 0.271. The summed E-state index contributed by atoms with van der Waals surface area (Å²) in [6, 6.07) is 12.3. The zero-order valence-corrected chi connectivity index (χ0v) is 17.9. The Balaban J connectivity index is 1.84. The molecule has 0 unspecified atom stereocenters. The summed E-state index contributed by atoms with van der Waals surface area (Å²) in [6.45, 7) is 6.90. The molecule has 0 aromatic heterocycles. The summed E-state index contributed by atoms with van der Waals surface area (Å²) in [7, 11) is -2.17. The first kappa shape index (κ1) is 20.0. The van der Waals surface area contributed by atoms with Gasteiger partial charge in [0.25, 0.3) is 10.0 Å². The number of nitrogens with one attached hydrogen (secondary N) is 1. The molecule has 1 aliphatic heterocycles. The molecule has 0 atom stereocenters. The third-order valence-corrected chi connectivity index (χ3v) is 6.73. The molecule has 1 N–H and O–H groups in total. The number of likely N-dealkylation sites (N-methyl/N-ethyl adjacent to an activating group) is 1. The van der Waals surface area contributed by atoms with Crippen molar-refractivity contribution in [2.24, 2.45) is 0 Å². The summed E-state index contributed by atoms with van der Waals surface area (Å²) in [5.74, 6) is 0.586. The van der Waals surface area contributed by atoms with Crippen molar-refractivity contribution in [2.45, 2.75) is 11.8 Å². The molecule has 146 valence electrons. The molecule has 1 fully saturated rings. The summed E-state index contributed by atoms with van der Waals surface area (Å²) in [5, 5.41) is 0. The van der Waals surface area contributed by atoms with E-state index in [1.807, 2.05) is 18.2 Å². The van der Waals surface area contributed by atoms with E-state index in [9.17, 15) is 8.42 Å². The molecule has 2 aromatic carbocycles. The Morgan fingerprint density at radius 3 is 2.44 bits per heavy atom. The van der Waals surface area contributed by atoms with Crippen LogP contribution in [0.15, 0.2) is 51.8 Å². The highest BCUT2D eigenvalue weighted by Crippen LogP contribution is 2.31. The van der Waals surface area contributed by atoms with E-state index in [-0.39, 0.29) is 4.90 Å². The van der Waals surface area contributed by atoms with Crippen LogP contribution in [0.4, 0.5) is 11.4 Å². The number of benzene rings is 2. The van der Waals surface area contributed by atoms with Gasteiger partial charge in [0.2, 0.25) is 0 Å². The standard InChI is InChI=1S/C19H24BrN3O3S/c1-3-22-10-12-23(13-11-22)18-7-5-4-6-17(18)21-27(24,25)15-8-9-19(26-2)16(20)14-15/h4-9,14,21H,3,10-13H2,1-2H3. The fourth-order valence-corrected chi connectivity index (χ4v) is 4.95. The van der Waals surface area contributed by atoms with Gasteiger partial charge in [-0.3, -0.25) is 4.72 Å². The number of halogens is 1. The van der Waals surface area contributed by atoms with Crippen molar-refractivity contribution < 1.29 is 13.2 Å². The second-order valence-electron chi connectivity index (χ2n) is 6.34. The van der Waals surface area contributed by atoms with E-state index >= 15 is 0 Å². The Labute approximate surface area is 169 Å². The molecule has 0 aliphatic carbocycles. The maximum atomic E-state index is 12.9. The van der Waals surface area contributed by atoms with Crippen molar-refractivity contribution in [1.82, 2.24) is 4.90 Å². The van der Waals surface area contributed by atoms with Crippen LogP contribution in [0.25, 0.3) is 0 Å². The summed E-state index contributed by atoms with van der Waals surface area (Å²) in [6.07, 6.45) is 0. The summed E-state index contributed by atoms with van der Waals surface area (Å²) in [5.41, 5.74) is 1.50. The monoisotopic (exact) mass is 453 g/mol. The van der Waals surface area contributed by atoms with Crippen molar-refractivity contribution in [3.63, 3.8) is 0 Å². The van der Waals surface area contributed by atoms with E-state index in [1.165, 1.54) is 6.07 Å². The number of sulfonamides is 1. The van der Waals surface area contributed by atoms with Gasteiger partial charge in [-0.05, 0) is 52.8 Å². The molecule has 0 saturated carbocycles. The molecule has 0 bridgehead atoms. The smallest absolute Gasteiger partial charge is 0.262 e. The van der Waals surface area contributed by atoms with Crippen LogP contribution in [0.3, 0.4) is 0 Å². The average Bonchev–Trinajstić information content (AvgIpc) is 2.68. The van der Waals surface area contributed by atoms with E-state index in [1.54, 1.807) is 25.3 Å². The molecule has 6 nitrogen and oxygen atoms in total. The topological polar surface area (TPSA) is 61.9 Å². The first-order valence-electron chi connectivity index (χ1n) is 8.87. The number of piperazine rings is 1. The highest BCUT2D eigenvalue weighted by Gasteiger charge is 2.21. The lowest BCUT2D eigenvalue weighted by Gasteiger charge is -2.36. The number of anilines is 2. The van der Waals surface area contributed by atoms with Gasteiger partial charge in [0.1, 0.15) is 5.75 Å². The minimum Gasteiger partial charge on any atom is -0.496 e. The average molecular weight is 454 g/mol. The van der Waals surface area contributed by atoms with Gasteiger partial charge in [0.15, 0.2) is 0 Å². The molecule has 1 aliphatic rings. The lowest BCUT2D eigenvalue weighted by atomic mass is 10.2. The van der Waals surface area contributed by atoms with Gasteiger partial charge in [-0.1, -0.05) is 19.1 Å². The van der Waals surface area contributed by atoms with Crippen molar-refractivity contribution in [1.29, 1.82) is 0 Å². The lowest BCUT2D eigenvalue weighted by Crippen LogP contribution is -2.46. The SMILES string of the molecule is CCN1CCN(c2ccccc2NS(=O)(=O)c2ccc(OC)c(Br)c2)CC1. The van der Waals surface area contributed by atoms with E-state index in [0.29, 0.717) is 15.9 Å². The van der Waals surface area contributed by atoms with E-state index in [2.05, 4.69) is 37.4 Å². The molecule has 27 heavy (non-hydrogen) atoms. The van der Waals surface area contributed by atoms with Gasteiger partial charge >= 0.3 is 0 Å². The molecule has 8 heteroatoms. The van der Waals surface area contributed by atoms with Gasteiger partial charge in [-0.2, -0.15) is 0 Å². The zero-order valence-electron chi connectivity index (χ0n) is 15.5. The number of nitrogens with zero attached hydrogens (tertiary/aromatic N) is 2. The normalized spacial score (nSPS) is 15.6. The second kappa shape index (κ2) is 8.50. The molecule has 1 saturated heterocycles. The number of para-hydroxylation sites is 2.